The van der Waals surface area contributed by atoms with Crippen molar-refractivity contribution in [3.63, 3.8) is 0 Å². The molecule has 0 atom stereocenters. The molecule has 0 amide bonds. The van der Waals surface area contributed by atoms with Gasteiger partial charge in [-0.3, -0.25) is 0 Å². The summed E-state index contributed by atoms with van der Waals surface area (Å²) in [6, 6.07) is 5.21. The maximum atomic E-state index is 12.0. The van der Waals surface area contributed by atoms with E-state index in [1.807, 2.05) is 6.92 Å². The zero-order valence-electron chi connectivity index (χ0n) is 13.7. The van der Waals surface area contributed by atoms with Crippen molar-refractivity contribution in [1.29, 1.82) is 0 Å². The van der Waals surface area contributed by atoms with Crippen molar-refractivity contribution in [3.8, 4) is 11.5 Å². The first-order valence-electron chi connectivity index (χ1n) is 7.36. The summed E-state index contributed by atoms with van der Waals surface area (Å²) in [5, 5.41) is 0. The molecule has 0 saturated carbocycles. The fourth-order valence-corrected chi connectivity index (χ4v) is 2.10. The zero-order chi connectivity index (χ0) is 17.0. The normalized spacial score (nSPS) is 16.4. The molecule has 1 aromatic rings. The smallest absolute Gasteiger partial charge is 0.348 e. The molecule has 124 valence electrons. The molecule has 1 aliphatic rings. The van der Waals surface area contributed by atoms with Crippen LogP contribution < -0.4 is 9.47 Å². The lowest BCUT2D eigenvalue weighted by molar-refractivity contribution is -0.222. The summed E-state index contributed by atoms with van der Waals surface area (Å²) >= 11 is 0. The summed E-state index contributed by atoms with van der Waals surface area (Å²) in [4.78, 5) is 24.1. The van der Waals surface area contributed by atoms with Gasteiger partial charge in [0.25, 0.3) is 5.79 Å². The molecule has 6 nitrogen and oxygen atoms in total. The second-order valence-electron chi connectivity index (χ2n) is 5.46. The molecule has 1 aromatic carbocycles. The topological polar surface area (TPSA) is 71.1 Å². The molecule has 0 radical (unpaired) electrons. The van der Waals surface area contributed by atoms with Gasteiger partial charge in [0.15, 0.2) is 11.5 Å². The van der Waals surface area contributed by atoms with Gasteiger partial charge in [0.05, 0.1) is 13.7 Å². The van der Waals surface area contributed by atoms with Crippen molar-refractivity contribution in [2.75, 3.05) is 13.7 Å². The first-order valence-corrected chi connectivity index (χ1v) is 7.36. The Bertz CT molecular complexity index is 622. The van der Waals surface area contributed by atoms with Gasteiger partial charge >= 0.3 is 11.9 Å². The fourth-order valence-electron chi connectivity index (χ4n) is 2.10. The van der Waals surface area contributed by atoms with Gasteiger partial charge in [-0.2, -0.15) is 0 Å². The van der Waals surface area contributed by atoms with Crippen LogP contribution >= 0.6 is 0 Å². The minimum Gasteiger partial charge on any atom is -0.493 e. The third-order valence-corrected chi connectivity index (χ3v) is 3.10. The Kier molecular flexibility index (Phi) is 4.93. The Morgan fingerprint density at radius 1 is 1.17 bits per heavy atom. The molecule has 0 unspecified atom stereocenters. The van der Waals surface area contributed by atoms with Gasteiger partial charge in [0.2, 0.25) is 0 Å². The number of para-hydroxylation sites is 1. The van der Waals surface area contributed by atoms with E-state index < -0.39 is 17.7 Å². The van der Waals surface area contributed by atoms with Crippen LogP contribution in [0.4, 0.5) is 0 Å². The summed E-state index contributed by atoms with van der Waals surface area (Å²) in [6.45, 7) is 5.46. The van der Waals surface area contributed by atoms with E-state index in [0.29, 0.717) is 23.7 Å². The van der Waals surface area contributed by atoms with Gasteiger partial charge in [-0.05, 0) is 18.6 Å². The van der Waals surface area contributed by atoms with Crippen LogP contribution in [0.2, 0.25) is 0 Å². The lowest BCUT2D eigenvalue weighted by Gasteiger charge is -2.29. The zero-order valence-corrected chi connectivity index (χ0v) is 13.7. The Hall–Kier alpha value is -2.50. The van der Waals surface area contributed by atoms with E-state index >= 15 is 0 Å². The van der Waals surface area contributed by atoms with E-state index in [1.165, 1.54) is 27.0 Å². The molecule has 1 aliphatic heterocycles. The molecule has 1 fully saturated rings. The van der Waals surface area contributed by atoms with Crippen LogP contribution in [0.5, 0.6) is 11.5 Å². The van der Waals surface area contributed by atoms with Crippen LogP contribution in [-0.4, -0.2) is 31.4 Å². The molecule has 6 heteroatoms. The second kappa shape index (κ2) is 6.73. The van der Waals surface area contributed by atoms with E-state index in [2.05, 4.69) is 0 Å². The Morgan fingerprint density at radius 3 is 2.39 bits per heavy atom. The largest absolute Gasteiger partial charge is 0.493 e. The van der Waals surface area contributed by atoms with E-state index in [0.717, 1.165) is 6.42 Å². The monoisotopic (exact) mass is 320 g/mol. The Morgan fingerprint density at radius 2 is 1.83 bits per heavy atom. The van der Waals surface area contributed by atoms with E-state index in [4.69, 9.17) is 18.9 Å². The first kappa shape index (κ1) is 16.9. The van der Waals surface area contributed by atoms with Crippen LogP contribution in [0.3, 0.4) is 0 Å². The third-order valence-electron chi connectivity index (χ3n) is 3.10. The van der Waals surface area contributed by atoms with Crippen molar-refractivity contribution in [1.82, 2.24) is 0 Å². The van der Waals surface area contributed by atoms with Crippen molar-refractivity contribution in [3.05, 3.63) is 29.3 Å². The van der Waals surface area contributed by atoms with Gasteiger partial charge < -0.3 is 18.9 Å². The number of methoxy groups -OCH3 is 1. The van der Waals surface area contributed by atoms with Crippen molar-refractivity contribution < 1.29 is 28.5 Å². The van der Waals surface area contributed by atoms with Gasteiger partial charge in [-0.1, -0.05) is 19.1 Å². The minimum atomic E-state index is -1.26. The number of hydrogen-bond donors (Lipinski definition) is 0. The summed E-state index contributed by atoms with van der Waals surface area (Å²) in [5.41, 5.74) is 0.361. The average molecular weight is 320 g/mol. The van der Waals surface area contributed by atoms with E-state index in [-0.39, 0.29) is 5.57 Å². The highest BCUT2D eigenvalue weighted by Gasteiger charge is 2.39. The molecular weight excluding hydrogens is 300 g/mol. The molecule has 0 spiro atoms. The van der Waals surface area contributed by atoms with E-state index in [1.54, 1.807) is 18.2 Å². The molecule has 0 aromatic heterocycles. The number of carbonyl (C=O) groups excluding carboxylic acids is 2. The van der Waals surface area contributed by atoms with Gasteiger partial charge in [-0.15, -0.1) is 0 Å². The number of rotatable bonds is 5. The van der Waals surface area contributed by atoms with Gasteiger partial charge in [0, 0.05) is 19.4 Å². The third kappa shape index (κ3) is 3.83. The summed E-state index contributed by atoms with van der Waals surface area (Å²) in [5.74, 6) is -1.73. The summed E-state index contributed by atoms with van der Waals surface area (Å²) < 4.78 is 21.1. The van der Waals surface area contributed by atoms with Crippen LogP contribution in [0.25, 0.3) is 6.08 Å². The number of hydrogen-bond acceptors (Lipinski definition) is 6. The molecule has 0 bridgehead atoms. The highest BCUT2D eigenvalue weighted by atomic mass is 16.7. The van der Waals surface area contributed by atoms with E-state index in [9.17, 15) is 9.59 Å². The van der Waals surface area contributed by atoms with Gasteiger partial charge in [-0.25, -0.2) is 9.59 Å². The van der Waals surface area contributed by atoms with Crippen LogP contribution in [0, 0.1) is 0 Å². The maximum absolute atomic E-state index is 12.0. The Labute approximate surface area is 135 Å². The highest BCUT2D eigenvalue weighted by molar-refractivity contribution is 6.19. The molecule has 2 rings (SSSR count). The van der Waals surface area contributed by atoms with Crippen LogP contribution in [0.15, 0.2) is 23.8 Å². The number of benzene rings is 1. The number of ether oxygens (including phenoxy) is 4. The summed E-state index contributed by atoms with van der Waals surface area (Å²) in [7, 11) is 1.52. The number of esters is 2. The predicted molar refractivity (Wildman–Crippen MR) is 83.0 cm³/mol. The summed E-state index contributed by atoms with van der Waals surface area (Å²) in [6.07, 6.45) is 2.21. The minimum absolute atomic E-state index is 0.182. The molecule has 1 saturated heterocycles. The number of carbonyl (C=O) groups is 2. The SMILES string of the molecule is CCCOc1c(C=C2C(=O)OC(C)(C)OC2=O)cccc1OC. The molecule has 23 heavy (non-hydrogen) atoms. The lowest BCUT2D eigenvalue weighted by Crippen LogP contribution is -2.41. The lowest BCUT2D eigenvalue weighted by atomic mass is 10.1. The van der Waals surface area contributed by atoms with Crippen LogP contribution in [0.1, 0.15) is 32.8 Å². The molecule has 0 N–H and O–H groups in total. The standard InChI is InChI=1S/C17H20O6/c1-5-9-21-14-11(7-6-8-13(14)20-4)10-12-15(18)22-17(2,3)23-16(12)19/h6-8,10H,5,9H2,1-4H3. The Balaban J connectivity index is 2.42. The van der Waals surface area contributed by atoms with Crippen molar-refractivity contribution >= 4 is 18.0 Å². The van der Waals surface area contributed by atoms with Crippen LogP contribution in [-0.2, 0) is 19.1 Å². The molecule has 1 heterocycles. The van der Waals surface area contributed by atoms with Crippen molar-refractivity contribution in [2.24, 2.45) is 0 Å². The maximum Gasteiger partial charge on any atom is 0.348 e. The molecule has 0 aliphatic carbocycles. The predicted octanol–water partition coefficient (Wildman–Crippen LogP) is 2.70. The molecular formula is C17H20O6. The quantitative estimate of drug-likeness (QED) is 0.472. The number of cyclic esters (lactones) is 2. The first-order chi connectivity index (χ1) is 10.9. The van der Waals surface area contributed by atoms with Gasteiger partial charge in [0.1, 0.15) is 5.57 Å². The second-order valence-corrected chi connectivity index (χ2v) is 5.46. The average Bonchev–Trinajstić information content (AvgIpc) is 2.48. The highest BCUT2D eigenvalue weighted by Crippen LogP contribution is 2.34. The fraction of sp³-hybridized carbons (Fsp3) is 0.412. The van der Waals surface area contributed by atoms with Crippen molar-refractivity contribution in [2.45, 2.75) is 33.0 Å².